The van der Waals surface area contributed by atoms with Gasteiger partial charge in [0, 0.05) is 11.3 Å². The summed E-state index contributed by atoms with van der Waals surface area (Å²) in [4.78, 5) is 0. The monoisotopic (exact) mass is 256 g/mol. The molecule has 0 bridgehead atoms. The summed E-state index contributed by atoms with van der Waals surface area (Å²) >= 11 is 6.64. The molecule has 1 unspecified atom stereocenters. The number of fused-ring (bicyclic) bond motifs is 3. The van der Waals surface area contributed by atoms with Crippen molar-refractivity contribution in [1.82, 2.24) is 0 Å². The molecule has 1 aliphatic carbocycles. The van der Waals surface area contributed by atoms with Gasteiger partial charge in [0.15, 0.2) is 0 Å². The molecule has 0 fully saturated rings. The molecule has 18 heavy (non-hydrogen) atoms. The molecule has 0 spiro atoms. The highest BCUT2D eigenvalue weighted by Gasteiger charge is 2.32. The van der Waals surface area contributed by atoms with Crippen molar-refractivity contribution in [3.05, 3.63) is 59.7 Å². The van der Waals surface area contributed by atoms with Gasteiger partial charge in [0.05, 0.1) is 0 Å². The van der Waals surface area contributed by atoms with E-state index < -0.39 is 0 Å². The molecule has 0 radical (unpaired) electrons. The molecule has 0 saturated carbocycles. The second kappa shape index (κ2) is 4.78. The third kappa shape index (κ3) is 1.76. The molecule has 1 heteroatoms. The largest absolute Gasteiger partial charge is 0.122 e. The predicted octanol–water partition coefficient (Wildman–Crippen LogP) is 5.21. The lowest BCUT2D eigenvalue weighted by atomic mass is 9.91. The van der Waals surface area contributed by atoms with Gasteiger partial charge in [-0.3, -0.25) is 0 Å². The van der Waals surface area contributed by atoms with Crippen LogP contribution in [-0.4, -0.2) is 5.38 Å². The Balaban J connectivity index is 2.14. The van der Waals surface area contributed by atoms with Gasteiger partial charge in [0.25, 0.3) is 0 Å². The highest BCUT2D eigenvalue weighted by molar-refractivity contribution is 6.21. The lowest BCUT2D eigenvalue weighted by Gasteiger charge is -2.19. The minimum absolute atomic E-state index is 0.194. The Bertz CT molecular complexity index is 514. The first kappa shape index (κ1) is 11.8. The minimum Gasteiger partial charge on any atom is -0.122 e. The molecule has 0 amide bonds. The van der Waals surface area contributed by atoms with Crippen molar-refractivity contribution >= 4 is 11.6 Å². The molecule has 0 heterocycles. The molecule has 1 atom stereocenters. The Hall–Kier alpha value is -1.27. The zero-order chi connectivity index (χ0) is 12.5. The highest BCUT2D eigenvalue weighted by atomic mass is 35.5. The van der Waals surface area contributed by atoms with Gasteiger partial charge in [-0.25, -0.2) is 0 Å². The van der Waals surface area contributed by atoms with Crippen molar-refractivity contribution in [2.75, 3.05) is 0 Å². The van der Waals surface area contributed by atoms with Crippen molar-refractivity contribution in [3.8, 4) is 11.1 Å². The normalized spacial score (nSPS) is 15.2. The van der Waals surface area contributed by atoms with Crippen LogP contribution in [0.3, 0.4) is 0 Å². The molecule has 1 aliphatic rings. The summed E-state index contributed by atoms with van der Waals surface area (Å²) in [6.45, 7) is 2.20. The van der Waals surface area contributed by atoms with Crippen LogP contribution in [0.5, 0.6) is 0 Å². The summed E-state index contributed by atoms with van der Waals surface area (Å²) < 4.78 is 0. The molecule has 2 aromatic rings. The molecule has 0 aliphatic heterocycles. The third-order valence-electron chi connectivity index (χ3n) is 3.81. The quantitative estimate of drug-likeness (QED) is 0.662. The summed E-state index contributed by atoms with van der Waals surface area (Å²) in [5, 5.41) is 0.194. The maximum absolute atomic E-state index is 6.64. The van der Waals surface area contributed by atoms with Crippen LogP contribution in [-0.2, 0) is 0 Å². The van der Waals surface area contributed by atoms with Crippen LogP contribution in [0.15, 0.2) is 48.5 Å². The molecule has 0 aromatic heterocycles. The van der Waals surface area contributed by atoms with Crippen LogP contribution in [0, 0.1) is 0 Å². The van der Waals surface area contributed by atoms with Crippen molar-refractivity contribution in [3.63, 3.8) is 0 Å². The van der Waals surface area contributed by atoms with Crippen molar-refractivity contribution in [2.24, 2.45) is 0 Å². The summed E-state index contributed by atoms with van der Waals surface area (Å²) in [6, 6.07) is 17.3. The molecular weight excluding hydrogens is 240 g/mol. The first-order valence-electron chi connectivity index (χ1n) is 6.65. The Morgan fingerprint density at radius 3 is 1.94 bits per heavy atom. The van der Waals surface area contributed by atoms with E-state index in [4.69, 9.17) is 11.6 Å². The average Bonchev–Trinajstić information content (AvgIpc) is 2.73. The van der Waals surface area contributed by atoms with Gasteiger partial charge in [-0.2, -0.15) is 0 Å². The molecule has 3 rings (SSSR count). The number of halogens is 1. The summed E-state index contributed by atoms with van der Waals surface area (Å²) in [5.74, 6) is 0.360. The maximum atomic E-state index is 6.64. The molecule has 0 saturated heterocycles. The van der Waals surface area contributed by atoms with Crippen LogP contribution in [0.4, 0.5) is 0 Å². The zero-order valence-electron chi connectivity index (χ0n) is 10.6. The second-order valence-electron chi connectivity index (χ2n) is 4.96. The standard InChI is InChI=1S/C17H17Cl/c1-2-7-16(18)17-14-10-5-3-8-12(14)13-9-4-6-11-15(13)17/h3-6,8-11,16-17H,2,7H2,1H3. The maximum Gasteiger partial charge on any atom is 0.0445 e. The Labute approximate surface area is 114 Å². The fourth-order valence-electron chi connectivity index (χ4n) is 3.03. The van der Waals surface area contributed by atoms with Crippen molar-refractivity contribution in [2.45, 2.75) is 31.1 Å². The minimum atomic E-state index is 0.194. The van der Waals surface area contributed by atoms with E-state index in [0.29, 0.717) is 5.92 Å². The smallest absolute Gasteiger partial charge is 0.0445 e. The average molecular weight is 257 g/mol. The van der Waals surface area contributed by atoms with Gasteiger partial charge < -0.3 is 0 Å². The van der Waals surface area contributed by atoms with E-state index in [1.54, 1.807) is 0 Å². The summed E-state index contributed by atoms with van der Waals surface area (Å²) in [6.07, 6.45) is 2.20. The van der Waals surface area contributed by atoms with Gasteiger partial charge >= 0.3 is 0 Å². The van der Waals surface area contributed by atoms with E-state index in [1.165, 1.54) is 22.3 Å². The summed E-state index contributed by atoms with van der Waals surface area (Å²) in [7, 11) is 0. The lowest BCUT2D eigenvalue weighted by molar-refractivity contribution is 0.669. The van der Waals surface area contributed by atoms with Crippen LogP contribution in [0.2, 0.25) is 0 Å². The molecule has 2 aromatic carbocycles. The predicted molar refractivity (Wildman–Crippen MR) is 78.3 cm³/mol. The summed E-state index contributed by atoms with van der Waals surface area (Å²) in [5.41, 5.74) is 5.51. The molecule has 0 N–H and O–H groups in total. The van der Waals surface area contributed by atoms with Crippen LogP contribution >= 0.6 is 11.6 Å². The first-order chi connectivity index (χ1) is 8.83. The van der Waals surface area contributed by atoms with E-state index in [2.05, 4.69) is 55.5 Å². The fourth-order valence-corrected chi connectivity index (χ4v) is 3.52. The van der Waals surface area contributed by atoms with Crippen LogP contribution < -0.4 is 0 Å². The number of hydrogen-bond acceptors (Lipinski definition) is 0. The zero-order valence-corrected chi connectivity index (χ0v) is 11.3. The topological polar surface area (TPSA) is 0 Å². The molecule has 92 valence electrons. The van der Waals surface area contributed by atoms with Gasteiger partial charge in [-0.15, -0.1) is 11.6 Å². The SMILES string of the molecule is CCCC(Cl)C1c2ccccc2-c2ccccc21. The number of benzene rings is 2. The third-order valence-corrected chi connectivity index (χ3v) is 4.28. The van der Waals surface area contributed by atoms with E-state index in [1.807, 2.05) is 0 Å². The van der Waals surface area contributed by atoms with Gasteiger partial charge in [0.1, 0.15) is 0 Å². The number of hydrogen-bond donors (Lipinski definition) is 0. The van der Waals surface area contributed by atoms with E-state index in [-0.39, 0.29) is 5.38 Å². The van der Waals surface area contributed by atoms with Crippen molar-refractivity contribution in [1.29, 1.82) is 0 Å². The lowest BCUT2D eigenvalue weighted by Crippen LogP contribution is -2.11. The van der Waals surface area contributed by atoms with Gasteiger partial charge in [0.2, 0.25) is 0 Å². The van der Waals surface area contributed by atoms with Crippen molar-refractivity contribution < 1.29 is 0 Å². The number of alkyl halides is 1. The van der Waals surface area contributed by atoms with E-state index in [0.717, 1.165) is 12.8 Å². The van der Waals surface area contributed by atoms with Gasteiger partial charge in [-0.05, 0) is 28.7 Å². The van der Waals surface area contributed by atoms with E-state index in [9.17, 15) is 0 Å². The van der Waals surface area contributed by atoms with E-state index >= 15 is 0 Å². The first-order valence-corrected chi connectivity index (χ1v) is 7.09. The number of rotatable bonds is 3. The highest BCUT2D eigenvalue weighted by Crippen LogP contribution is 2.48. The molecular formula is C17H17Cl. The Morgan fingerprint density at radius 2 is 1.44 bits per heavy atom. The Morgan fingerprint density at radius 1 is 0.944 bits per heavy atom. The molecule has 0 nitrogen and oxygen atoms in total. The van der Waals surface area contributed by atoms with Crippen LogP contribution in [0.25, 0.3) is 11.1 Å². The second-order valence-corrected chi connectivity index (χ2v) is 5.52. The van der Waals surface area contributed by atoms with Gasteiger partial charge in [-0.1, -0.05) is 61.9 Å². The van der Waals surface area contributed by atoms with Crippen LogP contribution in [0.1, 0.15) is 36.8 Å². The Kier molecular flexibility index (Phi) is 3.13. The fraction of sp³-hybridized carbons (Fsp3) is 0.294.